The van der Waals surface area contributed by atoms with Crippen LogP contribution in [0.1, 0.15) is 6.92 Å². The molecule has 0 aliphatic heterocycles. The topological polar surface area (TPSA) is 58.0 Å². The summed E-state index contributed by atoms with van der Waals surface area (Å²) in [6.45, 7) is 5.22. The highest BCUT2D eigenvalue weighted by atomic mass is 16.5. The standard InChI is InChI=1S/C5H9N3O/c1-4(7-8-6)5(2)9-3/h4H,2H2,1,3H3. The Balaban J connectivity index is 3.87. The van der Waals surface area contributed by atoms with Crippen molar-refractivity contribution in [2.24, 2.45) is 5.11 Å². The molecule has 9 heavy (non-hydrogen) atoms. The third-order valence-corrected chi connectivity index (χ3v) is 0.953. The highest BCUT2D eigenvalue weighted by molar-refractivity contribution is 4.93. The average Bonchev–Trinajstić information content (AvgIpc) is 1.87. The lowest BCUT2D eigenvalue weighted by Crippen LogP contribution is -2.01. The van der Waals surface area contributed by atoms with E-state index in [2.05, 4.69) is 16.6 Å². The van der Waals surface area contributed by atoms with E-state index in [9.17, 15) is 0 Å². The molecule has 0 aromatic carbocycles. The van der Waals surface area contributed by atoms with Gasteiger partial charge in [-0.2, -0.15) is 0 Å². The first-order valence-corrected chi connectivity index (χ1v) is 2.49. The molecular formula is C5H9N3O. The van der Waals surface area contributed by atoms with Crippen LogP contribution >= 0.6 is 0 Å². The quantitative estimate of drug-likeness (QED) is 0.247. The first-order valence-electron chi connectivity index (χ1n) is 2.49. The van der Waals surface area contributed by atoms with E-state index in [1.807, 2.05) is 0 Å². The summed E-state index contributed by atoms with van der Waals surface area (Å²) >= 11 is 0. The van der Waals surface area contributed by atoms with Gasteiger partial charge >= 0.3 is 0 Å². The molecule has 0 aromatic rings. The number of rotatable bonds is 3. The average molecular weight is 127 g/mol. The lowest BCUT2D eigenvalue weighted by molar-refractivity contribution is 0.271. The molecule has 0 aliphatic carbocycles. The van der Waals surface area contributed by atoms with Crippen LogP contribution in [-0.4, -0.2) is 13.2 Å². The van der Waals surface area contributed by atoms with E-state index in [1.54, 1.807) is 6.92 Å². The smallest absolute Gasteiger partial charge is 0.0970 e. The molecule has 0 radical (unpaired) electrons. The van der Waals surface area contributed by atoms with Gasteiger partial charge in [-0.1, -0.05) is 11.7 Å². The first-order chi connectivity index (χ1) is 4.22. The van der Waals surface area contributed by atoms with Gasteiger partial charge in [-0.25, -0.2) is 0 Å². The normalized spacial score (nSPS) is 11.3. The second kappa shape index (κ2) is 3.80. The van der Waals surface area contributed by atoms with Gasteiger partial charge in [-0.3, -0.25) is 0 Å². The lowest BCUT2D eigenvalue weighted by Gasteiger charge is -2.04. The maximum atomic E-state index is 7.94. The summed E-state index contributed by atoms with van der Waals surface area (Å²) < 4.78 is 4.71. The highest BCUT2D eigenvalue weighted by Crippen LogP contribution is 2.02. The van der Waals surface area contributed by atoms with Crippen molar-refractivity contribution in [2.75, 3.05) is 7.11 Å². The predicted molar refractivity (Wildman–Crippen MR) is 34.8 cm³/mol. The van der Waals surface area contributed by atoms with E-state index in [0.717, 1.165) is 0 Å². The zero-order valence-corrected chi connectivity index (χ0v) is 5.53. The molecule has 0 heterocycles. The zero-order valence-electron chi connectivity index (χ0n) is 5.53. The minimum Gasteiger partial charge on any atom is -0.501 e. The fraction of sp³-hybridized carbons (Fsp3) is 0.600. The van der Waals surface area contributed by atoms with Crippen LogP contribution < -0.4 is 0 Å². The fourth-order valence-electron chi connectivity index (χ4n) is 0.312. The minimum absolute atomic E-state index is 0.278. The monoisotopic (exact) mass is 127 g/mol. The number of methoxy groups -OCH3 is 1. The molecule has 0 aliphatic rings. The molecule has 0 amide bonds. The Bertz CT molecular complexity index is 148. The molecule has 0 spiro atoms. The van der Waals surface area contributed by atoms with Gasteiger partial charge in [0.2, 0.25) is 0 Å². The van der Waals surface area contributed by atoms with E-state index in [-0.39, 0.29) is 6.04 Å². The van der Waals surface area contributed by atoms with E-state index in [0.29, 0.717) is 5.76 Å². The van der Waals surface area contributed by atoms with E-state index < -0.39 is 0 Å². The molecule has 1 atom stereocenters. The van der Waals surface area contributed by atoms with Crippen LogP contribution in [-0.2, 0) is 4.74 Å². The van der Waals surface area contributed by atoms with Crippen LogP contribution in [0.5, 0.6) is 0 Å². The maximum absolute atomic E-state index is 7.94. The minimum atomic E-state index is -0.278. The number of azide groups is 1. The molecule has 1 unspecified atom stereocenters. The van der Waals surface area contributed by atoms with Crippen molar-refractivity contribution in [1.82, 2.24) is 0 Å². The molecule has 0 fully saturated rings. The van der Waals surface area contributed by atoms with Crippen molar-refractivity contribution < 1.29 is 4.74 Å². The number of hydrogen-bond acceptors (Lipinski definition) is 2. The largest absolute Gasteiger partial charge is 0.501 e. The molecule has 0 aromatic heterocycles. The van der Waals surface area contributed by atoms with Crippen molar-refractivity contribution in [3.63, 3.8) is 0 Å². The van der Waals surface area contributed by atoms with Crippen LogP contribution in [0, 0.1) is 0 Å². The van der Waals surface area contributed by atoms with Crippen LogP contribution in [0.4, 0.5) is 0 Å². The van der Waals surface area contributed by atoms with Crippen molar-refractivity contribution in [2.45, 2.75) is 13.0 Å². The summed E-state index contributed by atoms with van der Waals surface area (Å²) in [6.07, 6.45) is 0. The zero-order chi connectivity index (χ0) is 7.28. The fourth-order valence-corrected chi connectivity index (χ4v) is 0.312. The molecule has 0 N–H and O–H groups in total. The molecule has 0 rings (SSSR count). The van der Waals surface area contributed by atoms with E-state index in [4.69, 9.17) is 10.3 Å². The summed E-state index contributed by atoms with van der Waals surface area (Å²) in [6, 6.07) is -0.278. The lowest BCUT2D eigenvalue weighted by atomic mass is 10.3. The molecule has 0 saturated carbocycles. The number of ether oxygens (including phenoxy) is 1. The van der Waals surface area contributed by atoms with Gasteiger partial charge in [0.15, 0.2) is 0 Å². The summed E-state index contributed by atoms with van der Waals surface area (Å²) in [7, 11) is 1.49. The Morgan fingerprint density at radius 2 is 2.44 bits per heavy atom. The third-order valence-electron chi connectivity index (χ3n) is 0.953. The van der Waals surface area contributed by atoms with E-state index >= 15 is 0 Å². The van der Waals surface area contributed by atoms with Gasteiger partial charge in [0.1, 0.15) is 0 Å². The molecule has 0 saturated heterocycles. The van der Waals surface area contributed by atoms with Crippen LogP contribution in [0.3, 0.4) is 0 Å². The molecule has 4 nitrogen and oxygen atoms in total. The molecule has 0 bridgehead atoms. The Labute approximate surface area is 53.8 Å². The number of hydrogen-bond donors (Lipinski definition) is 0. The maximum Gasteiger partial charge on any atom is 0.0970 e. The Hall–Kier alpha value is -1.15. The number of nitrogens with zero attached hydrogens (tertiary/aromatic N) is 3. The van der Waals surface area contributed by atoms with Gasteiger partial charge in [0, 0.05) is 4.91 Å². The van der Waals surface area contributed by atoms with Gasteiger partial charge < -0.3 is 4.74 Å². The van der Waals surface area contributed by atoms with Crippen LogP contribution in [0.25, 0.3) is 10.4 Å². The summed E-state index contributed by atoms with van der Waals surface area (Å²) in [5, 5.41) is 3.35. The summed E-state index contributed by atoms with van der Waals surface area (Å²) in [5.41, 5.74) is 7.94. The van der Waals surface area contributed by atoms with Crippen LogP contribution in [0.15, 0.2) is 17.5 Å². The van der Waals surface area contributed by atoms with Crippen molar-refractivity contribution in [3.8, 4) is 0 Å². The predicted octanol–water partition coefficient (Wildman–Crippen LogP) is 1.85. The van der Waals surface area contributed by atoms with Gasteiger partial charge in [0.25, 0.3) is 0 Å². The van der Waals surface area contributed by atoms with Crippen molar-refractivity contribution in [3.05, 3.63) is 22.8 Å². The Morgan fingerprint density at radius 3 is 2.78 bits per heavy atom. The van der Waals surface area contributed by atoms with Gasteiger partial charge in [0.05, 0.1) is 18.9 Å². The van der Waals surface area contributed by atoms with Gasteiger partial charge in [-0.15, -0.1) is 0 Å². The van der Waals surface area contributed by atoms with Crippen molar-refractivity contribution in [1.29, 1.82) is 0 Å². The molecule has 4 heteroatoms. The van der Waals surface area contributed by atoms with Gasteiger partial charge in [-0.05, 0) is 12.5 Å². The second-order valence-electron chi connectivity index (χ2n) is 1.55. The molecular weight excluding hydrogens is 118 g/mol. The molecule has 50 valence electrons. The van der Waals surface area contributed by atoms with Crippen LogP contribution in [0.2, 0.25) is 0 Å². The first kappa shape index (κ1) is 7.85. The summed E-state index contributed by atoms with van der Waals surface area (Å²) in [4.78, 5) is 2.59. The summed E-state index contributed by atoms with van der Waals surface area (Å²) in [5.74, 6) is 0.479. The Morgan fingerprint density at radius 1 is 1.89 bits per heavy atom. The highest BCUT2D eigenvalue weighted by Gasteiger charge is 2.00. The Kier molecular flexibility index (Phi) is 3.32. The van der Waals surface area contributed by atoms with E-state index in [1.165, 1.54) is 7.11 Å². The SMILES string of the molecule is C=C(OC)C(C)N=[N+]=[N-]. The third kappa shape index (κ3) is 2.61. The van der Waals surface area contributed by atoms with Crippen molar-refractivity contribution >= 4 is 0 Å². The second-order valence-corrected chi connectivity index (χ2v) is 1.55.